The molecular weight excluding hydrogens is 394 g/mol. The Morgan fingerprint density at radius 2 is 1.83 bits per heavy atom. The van der Waals surface area contributed by atoms with Gasteiger partial charge in [0.25, 0.3) is 0 Å². The van der Waals surface area contributed by atoms with E-state index in [1.54, 1.807) is 25.3 Å². The lowest BCUT2D eigenvalue weighted by molar-refractivity contribution is -0.121. The van der Waals surface area contributed by atoms with Gasteiger partial charge in [-0.15, -0.1) is 0 Å². The van der Waals surface area contributed by atoms with Gasteiger partial charge in [-0.1, -0.05) is 35.5 Å². The van der Waals surface area contributed by atoms with Crippen LogP contribution in [0, 0.1) is 0 Å². The summed E-state index contributed by atoms with van der Waals surface area (Å²) in [6, 6.07) is 15.5. The van der Waals surface area contributed by atoms with E-state index in [9.17, 15) is 13.2 Å². The molecule has 1 heterocycles. The number of carbonyl (C=O) groups is 1. The van der Waals surface area contributed by atoms with Crippen LogP contribution in [-0.2, 0) is 33.4 Å². The predicted octanol–water partition coefficient (Wildman–Crippen LogP) is 2.30. The molecule has 0 saturated carbocycles. The summed E-state index contributed by atoms with van der Waals surface area (Å²) in [7, 11) is -1.95. The highest BCUT2D eigenvalue weighted by molar-refractivity contribution is 7.90. The highest BCUT2D eigenvalue weighted by Crippen LogP contribution is 2.15. The van der Waals surface area contributed by atoms with Crippen LogP contribution in [0.2, 0.25) is 0 Å². The van der Waals surface area contributed by atoms with Gasteiger partial charge < -0.3 is 14.6 Å². The van der Waals surface area contributed by atoms with Gasteiger partial charge in [0.1, 0.15) is 11.5 Å². The minimum absolute atomic E-state index is 0.0718. The molecule has 0 unspecified atom stereocenters. The normalized spacial score (nSPS) is 11.2. The second-order valence-electron chi connectivity index (χ2n) is 6.30. The van der Waals surface area contributed by atoms with Crippen LogP contribution in [0.5, 0.6) is 5.75 Å². The molecule has 0 aliphatic heterocycles. The molecule has 0 aliphatic rings. The largest absolute Gasteiger partial charge is 0.497 e. The number of carbonyl (C=O) groups excluding carboxylic acids is 1. The monoisotopic (exact) mass is 415 g/mol. The molecule has 1 amide bonds. The first-order valence-corrected chi connectivity index (χ1v) is 10.6. The van der Waals surface area contributed by atoms with Crippen LogP contribution in [-0.4, -0.2) is 31.6 Å². The number of benzene rings is 2. The molecule has 0 saturated heterocycles. The van der Waals surface area contributed by atoms with Crippen molar-refractivity contribution in [1.29, 1.82) is 0 Å². The molecule has 8 nitrogen and oxygen atoms in total. The van der Waals surface area contributed by atoms with Gasteiger partial charge in [0.15, 0.2) is 15.7 Å². The number of methoxy groups -OCH3 is 1. The van der Waals surface area contributed by atoms with Crippen molar-refractivity contribution in [3.8, 4) is 5.75 Å². The lowest BCUT2D eigenvalue weighted by Gasteiger charge is -2.05. The van der Waals surface area contributed by atoms with E-state index in [1.165, 1.54) is 12.1 Å². The number of aryl methyl sites for hydroxylation is 1. The van der Waals surface area contributed by atoms with E-state index in [1.807, 2.05) is 24.3 Å². The Balaban J connectivity index is 1.48. The van der Waals surface area contributed by atoms with E-state index in [0.29, 0.717) is 6.54 Å². The Hall–Kier alpha value is -3.20. The summed E-state index contributed by atoms with van der Waals surface area (Å²) < 4.78 is 34.8. The molecule has 1 aromatic heterocycles. The average Bonchev–Trinajstić information content (AvgIpc) is 3.18. The maximum absolute atomic E-state index is 12.3. The van der Waals surface area contributed by atoms with E-state index in [-0.39, 0.29) is 41.1 Å². The number of sulfone groups is 1. The van der Waals surface area contributed by atoms with Gasteiger partial charge in [-0.3, -0.25) is 4.79 Å². The molecule has 0 radical (unpaired) electrons. The topological polar surface area (TPSA) is 111 Å². The molecular formula is C20H21N3O5S. The van der Waals surface area contributed by atoms with Gasteiger partial charge in [0.2, 0.25) is 11.8 Å². The van der Waals surface area contributed by atoms with Crippen molar-refractivity contribution in [3.63, 3.8) is 0 Å². The van der Waals surface area contributed by atoms with Crippen LogP contribution in [0.3, 0.4) is 0 Å². The molecule has 0 atom stereocenters. The first-order valence-electron chi connectivity index (χ1n) is 8.95. The van der Waals surface area contributed by atoms with Gasteiger partial charge in [-0.25, -0.2) is 8.42 Å². The lowest BCUT2D eigenvalue weighted by atomic mass is 10.2. The van der Waals surface area contributed by atoms with Crippen molar-refractivity contribution in [3.05, 3.63) is 71.9 Å². The minimum Gasteiger partial charge on any atom is -0.497 e. The minimum atomic E-state index is -3.55. The molecule has 0 aliphatic carbocycles. The summed E-state index contributed by atoms with van der Waals surface area (Å²) in [5.74, 6) is 0.522. The zero-order valence-corrected chi connectivity index (χ0v) is 16.7. The van der Waals surface area contributed by atoms with Crippen molar-refractivity contribution in [1.82, 2.24) is 15.5 Å². The Morgan fingerprint density at radius 3 is 2.52 bits per heavy atom. The van der Waals surface area contributed by atoms with Crippen molar-refractivity contribution in [2.75, 3.05) is 7.11 Å². The molecule has 152 valence electrons. The summed E-state index contributed by atoms with van der Waals surface area (Å²) in [5.41, 5.74) is 0.949. The van der Waals surface area contributed by atoms with E-state index in [0.717, 1.165) is 11.3 Å². The molecule has 0 bridgehead atoms. The Morgan fingerprint density at radius 1 is 1.10 bits per heavy atom. The summed E-state index contributed by atoms with van der Waals surface area (Å²) >= 11 is 0. The van der Waals surface area contributed by atoms with Gasteiger partial charge in [-0.2, -0.15) is 4.98 Å². The van der Waals surface area contributed by atoms with E-state index in [4.69, 9.17) is 9.26 Å². The summed E-state index contributed by atoms with van der Waals surface area (Å²) in [6.45, 7) is 0.396. The van der Waals surface area contributed by atoms with E-state index in [2.05, 4.69) is 15.5 Å². The molecule has 1 N–H and O–H groups in total. The Labute approximate surface area is 168 Å². The van der Waals surface area contributed by atoms with Gasteiger partial charge in [0.05, 0.1) is 12.0 Å². The third-order valence-corrected chi connectivity index (χ3v) is 5.77. The fraction of sp³-hybridized carbons (Fsp3) is 0.250. The van der Waals surface area contributed by atoms with Gasteiger partial charge in [-0.05, 0) is 29.8 Å². The number of rotatable bonds is 9. The first kappa shape index (κ1) is 20.5. The summed E-state index contributed by atoms with van der Waals surface area (Å²) in [4.78, 5) is 16.3. The SMILES string of the molecule is COc1ccc(CNC(=O)CCc2nc(CS(=O)(=O)c3ccccc3)no2)cc1. The summed E-state index contributed by atoms with van der Waals surface area (Å²) in [6.07, 6.45) is 0.385. The average molecular weight is 415 g/mol. The first-order chi connectivity index (χ1) is 14.0. The lowest BCUT2D eigenvalue weighted by Crippen LogP contribution is -2.23. The molecule has 0 spiro atoms. The molecule has 3 rings (SSSR count). The maximum atomic E-state index is 12.3. The molecule has 29 heavy (non-hydrogen) atoms. The number of hydrogen-bond acceptors (Lipinski definition) is 7. The fourth-order valence-electron chi connectivity index (χ4n) is 2.58. The second kappa shape index (κ2) is 9.33. The van der Waals surface area contributed by atoms with Crippen LogP contribution in [0.4, 0.5) is 0 Å². The highest BCUT2D eigenvalue weighted by atomic mass is 32.2. The van der Waals surface area contributed by atoms with Gasteiger partial charge in [0, 0.05) is 19.4 Å². The number of ether oxygens (including phenoxy) is 1. The number of hydrogen-bond donors (Lipinski definition) is 1. The standard InChI is InChI=1S/C20H21N3O5S/c1-27-16-9-7-15(8-10-16)13-21-19(24)11-12-20-22-18(23-28-20)14-29(25,26)17-5-3-2-4-6-17/h2-10H,11-14H2,1H3,(H,21,24). The van der Waals surface area contributed by atoms with Crippen LogP contribution < -0.4 is 10.1 Å². The maximum Gasteiger partial charge on any atom is 0.227 e. The predicted molar refractivity (Wildman–Crippen MR) is 105 cm³/mol. The molecule has 0 fully saturated rings. The highest BCUT2D eigenvalue weighted by Gasteiger charge is 2.19. The van der Waals surface area contributed by atoms with Crippen LogP contribution >= 0.6 is 0 Å². The number of aromatic nitrogens is 2. The summed E-state index contributed by atoms with van der Waals surface area (Å²) in [5, 5.41) is 6.51. The van der Waals surface area contributed by atoms with Crippen LogP contribution in [0.15, 0.2) is 64.0 Å². The van der Waals surface area contributed by atoms with Crippen molar-refractivity contribution < 1.29 is 22.5 Å². The quantitative estimate of drug-likeness (QED) is 0.571. The fourth-order valence-corrected chi connectivity index (χ4v) is 3.78. The van der Waals surface area contributed by atoms with E-state index >= 15 is 0 Å². The third kappa shape index (κ3) is 5.89. The van der Waals surface area contributed by atoms with Crippen LogP contribution in [0.25, 0.3) is 0 Å². The zero-order valence-electron chi connectivity index (χ0n) is 15.9. The zero-order chi connectivity index (χ0) is 20.7. The van der Waals surface area contributed by atoms with E-state index < -0.39 is 9.84 Å². The third-order valence-electron chi connectivity index (χ3n) is 4.15. The molecule has 2 aromatic carbocycles. The number of amides is 1. The van der Waals surface area contributed by atoms with Crippen molar-refractivity contribution in [2.45, 2.75) is 30.0 Å². The molecule has 3 aromatic rings. The number of nitrogens with one attached hydrogen (secondary N) is 1. The van der Waals surface area contributed by atoms with Crippen LogP contribution in [0.1, 0.15) is 23.7 Å². The molecule has 9 heteroatoms. The Bertz CT molecular complexity index is 1050. The van der Waals surface area contributed by atoms with Gasteiger partial charge >= 0.3 is 0 Å². The number of nitrogens with zero attached hydrogens (tertiary/aromatic N) is 2. The second-order valence-corrected chi connectivity index (χ2v) is 8.29. The van der Waals surface area contributed by atoms with Crippen molar-refractivity contribution in [2.24, 2.45) is 0 Å². The Kier molecular flexibility index (Phi) is 6.61. The van der Waals surface area contributed by atoms with Crippen molar-refractivity contribution >= 4 is 15.7 Å². The smallest absolute Gasteiger partial charge is 0.227 e.